The second-order valence-electron chi connectivity index (χ2n) is 7.05. The molecule has 0 unspecified atom stereocenters. The molecule has 1 aliphatic heterocycles. The molecule has 0 spiro atoms. The molecule has 0 fully saturated rings. The van der Waals surface area contributed by atoms with E-state index in [4.69, 9.17) is 16.3 Å². The number of hydrogen-bond acceptors (Lipinski definition) is 3. The fourth-order valence-electron chi connectivity index (χ4n) is 3.87. The van der Waals surface area contributed by atoms with Crippen LogP contribution in [-0.2, 0) is 16.0 Å². The number of methoxy groups -OCH3 is 1. The Bertz CT molecular complexity index is 1030. The zero-order valence-electron chi connectivity index (χ0n) is 16.2. The van der Waals surface area contributed by atoms with Crippen LogP contribution in [0.2, 0.25) is 5.02 Å². The Morgan fingerprint density at radius 1 is 1.00 bits per heavy atom. The molecule has 0 amide bonds. The summed E-state index contributed by atoms with van der Waals surface area (Å²) in [5.74, 6) is -0.542. The number of ether oxygens (including phenoxy) is 1. The highest BCUT2D eigenvalue weighted by molar-refractivity contribution is 6.30. The molecule has 0 saturated carbocycles. The van der Waals surface area contributed by atoms with Crippen LogP contribution in [0.15, 0.2) is 90.6 Å². The Kier molecular flexibility index (Phi) is 5.68. The van der Waals surface area contributed by atoms with E-state index < -0.39 is 0 Å². The van der Waals surface area contributed by atoms with Gasteiger partial charge in [-0.15, -0.1) is 0 Å². The van der Waals surface area contributed by atoms with Crippen molar-refractivity contribution < 1.29 is 9.53 Å². The number of esters is 1. The van der Waals surface area contributed by atoms with Gasteiger partial charge in [-0.2, -0.15) is 0 Å². The van der Waals surface area contributed by atoms with Crippen LogP contribution in [0.25, 0.3) is 0 Å². The van der Waals surface area contributed by atoms with Gasteiger partial charge in [-0.1, -0.05) is 72.3 Å². The van der Waals surface area contributed by atoms with Gasteiger partial charge in [0.25, 0.3) is 0 Å². The number of anilines is 1. The van der Waals surface area contributed by atoms with Gasteiger partial charge in [-0.3, -0.25) is 0 Å². The van der Waals surface area contributed by atoms with Crippen LogP contribution >= 0.6 is 11.6 Å². The summed E-state index contributed by atoms with van der Waals surface area (Å²) >= 11 is 6.36. The number of benzene rings is 3. The summed E-state index contributed by atoms with van der Waals surface area (Å²) in [7, 11) is 1.42. The lowest BCUT2D eigenvalue weighted by Crippen LogP contribution is -2.30. The SMILES string of the molecule is COC(=O)C1=CN(CCc2ccccc2)c2ccc(Cl)cc2[C@@H]1c1ccccc1. The fraction of sp³-hybridized carbons (Fsp3) is 0.160. The highest BCUT2D eigenvalue weighted by Gasteiger charge is 2.33. The van der Waals surface area contributed by atoms with Crippen LogP contribution in [0, 0.1) is 0 Å². The van der Waals surface area contributed by atoms with Crippen LogP contribution in [0.4, 0.5) is 5.69 Å². The quantitative estimate of drug-likeness (QED) is 0.520. The van der Waals surface area contributed by atoms with E-state index >= 15 is 0 Å². The minimum absolute atomic E-state index is 0.217. The Balaban J connectivity index is 1.78. The first-order chi connectivity index (χ1) is 14.2. The lowest BCUT2D eigenvalue weighted by molar-refractivity contribution is -0.136. The van der Waals surface area contributed by atoms with E-state index in [1.54, 1.807) is 0 Å². The van der Waals surface area contributed by atoms with E-state index in [1.165, 1.54) is 12.7 Å². The molecule has 0 N–H and O–H groups in total. The third-order valence-electron chi connectivity index (χ3n) is 5.25. The number of carbonyl (C=O) groups excluding carboxylic acids is 1. The standard InChI is InChI=1S/C25H22ClNO2/c1-29-25(28)22-17-27(15-14-18-8-4-2-5-9-18)23-13-12-20(26)16-21(23)24(22)19-10-6-3-7-11-19/h2-13,16-17,24H,14-15H2,1H3/t24-/m0/s1. The van der Waals surface area contributed by atoms with Crippen LogP contribution in [0.5, 0.6) is 0 Å². The first-order valence-electron chi connectivity index (χ1n) is 9.62. The van der Waals surface area contributed by atoms with Crippen LogP contribution in [0.1, 0.15) is 22.6 Å². The van der Waals surface area contributed by atoms with E-state index in [-0.39, 0.29) is 11.9 Å². The second kappa shape index (κ2) is 8.54. The third kappa shape index (κ3) is 4.06. The van der Waals surface area contributed by atoms with Gasteiger partial charge >= 0.3 is 5.97 Å². The number of nitrogens with zero attached hydrogens (tertiary/aromatic N) is 1. The molecule has 0 radical (unpaired) electrons. The Morgan fingerprint density at radius 2 is 1.69 bits per heavy atom. The Labute approximate surface area is 176 Å². The summed E-state index contributed by atoms with van der Waals surface area (Å²) in [6.07, 6.45) is 2.80. The van der Waals surface area contributed by atoms with Crippen molar-refractivity contribution in [3.8, 4) is 0 Å². The minimum atomic E-state index is -0.325. The summed E-state index contributed by atoms with van der Waals surface area (Å²) in [6.45, 7) is 0.751. The number of halogens is 1. The molecule has 3 nitrogen and oxygen atoms in total. The molecule has 146 valence electrons. The maximum atomic E-state index is 12.7. The van der Waals surface area contributed by atoms with Crippen molar-refractivity contribution in [3.05, 3.63) is 112 Å². The minimum Gasteiger partial charge on any atom is -0.466 e. The molecule has 3 aromatic carbocycles. The smallest absolute Gasteiger partial charge is 0.336 e. The largest absolute Gasteiger partial charge is 0.466 e. The molecular weight excluding hydrogens is 382 g/mol. The number of hydrogen-bond donors (Lipinski definition) is 0. The van der Waals surface area contributed by atoms with Gasteiger partial charge < -0.3 is 9.64 Å². The number of carbonyl (C=O) groups is 1. The topological polar surface area (TPSA) is 29.5 Å². The highest BCUT2D eigenvalue weighted by Crippen LogP contribution is 2.43. The first-order valence-corrected chi connectivity index (χ1v) is 10.00. The molecule has 1 atom stereocenters. The summed E-state index contributed by atoms with van der Waals surface area (Å²) < 4.78 is 5.13. The zero-order chi connectivity index (χ0) is 20.2. The summed E-state index contributed by atoms with van der Waals surface area (Å²) in [5.41, 5.74) is 4.98. The zero-order valence-corrected chi connectivity index (χ0v) is 17.0. The molecule has 0 aliphatic carbocycles. The first kappa shape index (κ1) is 19.3. The lowest BCUT2D eigenvalue weighted by atomic mass is 9.82. The third-order valence-corrected chi connectivity index (χ3v) is 5.49. The van der Waals surface area contributed by atoms with Crippen molar-refractivity contribution in [2.24, 2.45) is 0 Å². The van der Waals surface area contributed by atoms with Crippen molar-refractivity contribution in [1.29, 1.82) is 0 Å². The molecule has 0 aromatic heterocycles. The van der Waals surface area contributed by atoms with Gasteiger partial charge in [0, 0.05) is 29.4 Å². The monoisotopic (exact) mass is 403 g/mol. The molecule has 4 heteroatoms. The van der Waals surface area contributed by atoms with Crippen molar-refractivity contribution in [1.82, 2.24) is 0 Å². The predicted octanol–water partition coefficient (Wildman–Crippen LogP) is 5.59. The molecule has 1 heterocycles. The van der Waals surface area contributed by atoms with Crippen molar-refractivity contribution in [2.45, 2.75) is 12.3 Å². The molecular formula is C25H22ClNO2. The Morgan fingerprint density at radius 3 is 2.38 bits per heavy atom. The lowest BCUT2D eigenvalue weighted by Gasteiger charge is -2.34. The average Bonchev–Trinajstić information content (AvgIpc) is 2.77. The maximum absolute atomic E-state index is 12.7. The van der Waals surface area contributed by atoms with Crippen molar-refractivity contribution in [2.75, 3.05) is 18.6 Å². The van der Waals surface area contributed by atoms with Gasteiger partial charge in [0.2, 0.25) is 0 Å². The number of fused-ring (bicyclic) bond motifs is 1. The highest BCUT2D eigenvalue weighted by atomic mass is 35.5. The van der Waals surface area contributed by atoms with Crippen LogP contribution < -0.4 is 4.90 Å². The molecule has 0 saturated heterocycles. The summed E-state index contributed by atoms with van der Waals surface area (Å²) in [4.78, 5) is 14.8. The van der Waals surface area contributed by atoms with E-state index in [0.29, 0.717) is 10.6 Å². The Hall–Kier alpha value is -3.04. The van der Waals surface area contributed by atoms with Crippen molar-refractivity contribution >= 4 is 23.3 Å². The van der Waals surface area contributed by atoms with Crippen molar-refractivity contribution in [3.63, 3.8) is 0 Å². The molecule has 4 rings (SSSR count). The average molecular weight is 404 g/mol. The number of rotatable bonds is 5. The van der Waals surface area contributed by atoms with Crippen LogP contribution in [0.3, 0.4) is 0 Å². The second-order valence-corrected chi connectivity index (χ2v) is 7.49. The van der Waals surface area contributed by atoms with Gasteiger partial charge in [-0.05, 0) is 41.3 Å². The molecule has 3 aromatic rings. The van der Waals surface area contributed by atoms with E-state index in [0.717, 1.165) is 29.8 Å². The van der Waals surface area contributed by atoms with Gasteiger partial charge in [0.15, 0.2) is 0 Å². The summed E-state index contributed by atoms with van der Waals surface area (Å²) in [6, 6.07) is 26.2. The molecule has 29 heavy (non-hydrogen) atoms. The predicted molar refractivity (Wildman–Crippen MR) is 117 cm³/mol. The maximum Gasteiger partial charge on any atom is 0.336 e. The van der Waals surface area contributed by atoms with E-state index in [2.05, 4.69) is 17.0 Å². The van der Waals surface area contributed by atoms with E-state index in [9.17, 15) is 4.79 Å². The fourth-order valence-corrected chi connectivity index (χ4v) is 4.05. The molecule has 0 bridgehead atoms. The van der Waals surface area contributed by atoms with Crippen LogP contribution in [-0.4, -0.2) is 19.6 Å². The van der Waals surface area contributed by atoms with E-state index in [1.807, 2.05) is 72.9 Å². The van der Waals surface area contributed by atoms with Gasteiger partial charge in [0.1, 0.15) is 0 Å². The summed E-state index contributed by atoms with van der Waals surface area (Å²) in [5, 5.41) is 0.652. The van der Waals surface area contributed by atoms with Gasteiger partial charge in [-0.25, -0.2) is 4.79 Å². The molecule has 1 aliphatic rings. The normalized spacial score (nSPS) is 15.4. The van der Waals surface area contributed by atoms with Gasteiger partial charge in [0.05, 0.1) is 12.7 Å².